The van der Waals surface area contributed by atoms with Crippen LogP contribution in [0.5, 0.6) is 11.6 Å². The van der Waals surface area contributed by atoms with Crippen molar-refractivity contribution in [1.82, 2.24) is 14.9 Å². The Kier molecular flexibility index (Phi) is 5.31. The highest BCUT2D eigenvalue weighted by Gasteiger charge is 2.28. The van der Waals surface area contributed by atoms with E-state index in [2.05, 4.69) is 16.5 Å². The highest BCUT2D eigenvalue weighted by molar-refractivity contribution is 5.68. The minimum absolute atomic E-state index is 0.0847. The van der Waals surface area contributed by atoms with Gasteiger partial charge in [-0.2, -0.15) is 0 Å². The maximum Gasteiger partial charge on any atom is 0.410 e. The summed E-state index contributed by atoms with van der Waals surface area (Å²) in [4.78, 5) is 22.2. The normalized spacial score (nSPS) is 13.7. The number of hydrogen-bond acceptors (Lipinski definition) is 5. The number of ether oxygens (including phenoxy) is 2. The molecular weight excluding hydrogens is 368 g/mol. The molecule has 148 valence electrons. The molecule has 0 spiro atoms. The summed E-state index contributed by atoms with van der Waals surface area (Å²) >= 11 is 0. The van der Waals surface area contributed by atoms with Crippen molar-refractivity contribution in [3.8, 4) is 11.6 Å². The van der Waals surface area contributed by atoms with Crippen LogP contribution < -0.4 is 4.74 Å². The highest BCUT2D eigenvalue weighted by atomic mass is 19.1. The van der Waals surface area contributed by atoms with E-state index < -0.39 is 23.3 Å². The third-order valence-corrected chi connectivity index (χ3v) is 4.06. The Bertz CT molecular complexity index is 925. The Morgan fingerprint density at radius 3 is 2.71 bits per heavy atom. The average Bonchev–Trinajstić information content (AvgIpc) is 2.61. The molecule has 0 bridgehead atoms. The number of halogens is 2. The molecule has 2 heterocycles. The number of amides is 1. The topological polar surface area (TPSA) is 64.6 Å². The number of carbonyl (C=O) groups is 1. The van der Waals surface area contributed by atoms with Crippen molar-refractivity contribution < 1.29 is 23.0 Å². The predicted molar refractivity (Wildman–Crippen MR) is 99.0 cm³/mol. The van der Waals surface area contributed by atoms with Crippen LogP contribution in [0.2, 0.25) is 0 Å². The molecule has 28 heavy (non-hydrogen) atoms. The fraction of sp³-hybridized carbons (Fsp3) is 0.350. The Morgan fingerprint density at radius 2 is 2.04 bits per heavy atom. The molecular formula is C20H21F2N3O3. The van der Waals surface area contributed by atoms with Crippen LogP contribution in [0.3, 0.4) is 0 Å². The van der Waals surface area contributed by atoms with E-state index in [1.807, 2.05) is 0 Å². The Labute approximate surface area is 161 Å². The van der Waals surface area contributed by atoms with E-state index in [9.17, 15) is 13.6 Å². The Balaban J connectivity index is 1.84. The van der Waals surface area contributed by atoms with Crippen LogP contribution in [0.15, 0.2) is 31.1 Å². The van der Waals surface area contributed by atoms with Crippen molar-refractivity contribution in [2.24, 2.45) is 0 Å². The molecule has 1 aromatic carbocycles. The van der Waals surface area contributed by atoms with Gasteiger partial charge in [-0.15, -0.1) is 0 Å². The maximum absolute atomic E-state index is 13.7. The van der Waals surface area contributed by atoms with Crippen molar-refractivity contribution in [2.75, 3.05) is 6.54 Å². The summed E-state index contributed by atoms with van der Waals surface area (Å²) in [6, 6.07) is 3.49. The lowest BCUT2D eigenvalue weighted by Crippen LogP contribution is -2.40. The van der Waals surface area contributed by atoms with Crippen LogP contribution in [0, 0.1) is 5.82 Å². The van der Waals surface area contributed by atoms with Gasteiger partial charge in [0.25, 0.3) is 0 Å². The van der Waals surface area contributed by atoms with Crippen LogP contribution in [0.25, 0.3) is 5.83 Å². The van der Waals surface area contributed by atoms with E-state index in [1.54, 1.807) is 25.7 Å². The summed E-state index contributed by atoms with van der Waals surface area (Å²) in [6.45, 7) is 9.26. The molecule has 0 fully saturated rings. The minimum atomic E-state index is -0.812. The zero-order chi connectivity index (χ0) is 20.5. The van der Waals surface area contributed by atoms with Gasteiger partial charge in [0, 0.05) is 12.1 Å². The molecule has 2 aromatic rings. The van der Waals surface area contributed by atoms with Gasteiger partial charge in [-0.1, -0.05) is 6.58 Å². The van der Waals surface area contributed by atoms with Gasteiger partial charge in [0.05, 0.1) is 17.8 Å². The summed E-state index contributed by atoms with van der Waals surface area (Å²) in [5.74, 6) is -1.07. The van der Waals surface area contributed by atoms with E-state index in [0.29, 0.717) is 24.2 Å². The van der Waals surface area contributed by atoms with Crippen molar-refractivity contribution >= 4 is 11.9 Å². The zero-order valence-electron chi connectivity index (χ0n) is 16.0. The van der Waals surface area contributed by atoms with E-state index in [4.69, 9.17) is 9.47 Å². The molecule has 0 atom stereocenters. The van der Waals surface area contributed by atoms with Crippen molar-refractivity contribution in [1.29, 1.82) is 0 Å². The quantitative estimate of drug-likeness (QED) is 0.765. The average molecular weight is 389 g/mol. The van der Waals surface area contributed by atoms with Crippen molar-refractivity contribution in [3.63, 3.8) is 0 Å². The predicted octanol–water partition coefficient (Wildman–Crippen LogP) is 4.64. The monoisotopic (exact) mass is 389 g/mol. The second-order valence-electron chi connectivity index (χ2n) is 7.40. The molecule has 0 radical (unpaired) electrons. The molecule has 6 nitrogen and oxygen atoms in total. The lowest BCUT2D eigenvalue weighted by Gasteiger charge is -2.30. The van der Waals surface area contributed by atoms with Crippen LogP contribution in [-0.4, -0.2) is 33.1 Å². The molecule has 1 aromatic heterocycles. The van der Waals surface area contributed by atoms with Gasteiger partial charge in [-0.05, 0) is 45.4 Å². The largest absolute Gasteiger partial charge is 0.444 e. The number of nitrogens with zero attached hydrogens (tertiary/aromatic N) is 3. The second kappa shape index (κ2) is 7.53. The number of fused-ring (bicyclic) bond motifs is 1. The lowest BCUT2D eigenvalue weighted by atomic mass is 10.1. The number of benzene rings is 1. The number of hydrogen-bond donors (Lipinski definition) is 0. The molecule has 0 aliphatic carbocycles. The summed E-state index contributed by atoms with van der Waals surface area (Å²) in [5.41, 5.74) is 0.649. The zero-order valence-corrected chi connectivity index (χ0v) is 16.0. The maximum atomic E-state index is 13.7. The van der Waals surface area contributed by atoms with Gasteiger partial charge in [-0.25, -0.2) is 23.5 Å². The van der Waals surface area contributed by atoms with Gasteiger partial charge < -0.3 is 14.4 Å². The van der Waals surface area contributed by atoms with E-state index >= 15 is 0 Å². The molecule has 1 amide bonds. The first-order chi connectivity index (χ1) is 13.1. The van der Waals surface area contributed by atoms with Gasteiger partial charge in [0.1, 0.15) is 29.3 Å². The SMILES string of the molecule is C=C(F)c1cc(F)ccc1Oc1ncnc2c1CCN(C(=O)OC(C)(C)C)C2. The third-order valence-electron chi connectivity index (χ3n) is 4.06. The molecule has 1 aliphatic rings. The lowest BCUT2D eigenvalue weighted by molar-refractivity contribution is 0.0219. The molecule has 0 saturated heterocycles. The summed E-state index contributed by atoms with van der Waals surface area (Å²) in [5, 5.41) is 0. The number of aromatic nitrogens is 2. The van der Waals surface area contributed by atoms with E-state index in [0.717, 1.165) is 6.07 Å². The standard InChI is InChI=1S/C20H21F2N3O3/c1-12(21)15-9-13(22)5-6-17(15)27-18-14-7-8-25(10-16(14)23-11-24-18)19(26)28-20(2,3)4/h5-6,9,11H,1,7-8,10H2,2-4H3. The van der Waals surface area contributed by atoms with Gasteiger partial charge in [-0.3, -0.25) is 0 Å². The molecule has 3 rings (SSSR count). The Hall–Kier alpha value is -3.03. The smallest absolute Gasteiger partial charge is 0.410 e. The fourth-order valence-corrected chi connectivity index (χ4v) is 2.80. The summed E-state index contributed by atoms with van der Waals surface area (Å²) in [6.07, 6.45) is 1.33. The first-order valence-electron chi connectivity index (χ1n) is 8.77. The highest BCUT2D eigenvalue weighted by Crippen LogP contribution is 2.33. The first-order valence-corrected chi connectivity index (χ1v) is 8.77. The van der Waals surface area contributed by atoms with Crippen LogP contribution in [-0.2, 0) is 17.7 Å². The van der Waals surface area contributed by atoms with E-state index in [1.165, 1.54) is 18.5 Å². The third kappa shape index (κ3) is 4.44. The van der Waals surface area contributed by atoms with Crippen molar-refractivity contribution in [2.45, 2.75) is 39.3 Å². The second-order valence-corrected chi connectivity index (χ2v) is 7.40. The van der Waals surface area contributed by atoms with Gasteiger partial charge >= 0.3 is 6.09 Å². The van der Waals surface area contributed by atoms with Gasteiger partial charge in [0.2, 0.25) is 5.88 Å². The van der Waals surface area contributed by atoms with Crippen LogP contribution in [0.4, 0.5) is 13.6 Å². The summed E-state index contributed by atoms with van der Waals surface area (Å²) < 4.78 is 38.2. The Morgan fingerprint density at radius 1 is 1.29 bits per heavy atom. The fourth-order valence-electron chi connectivity index (χ4n) is 2.80. The minimum Gasteiger partial charge on any atom is -0.444 e. The van der Waals surface area contributed by atoms with E-state index in [-0.39, 0.29) is 23.7 Å². The van der Waals surface area contributed by atoms with Gasteiger partial charge in [0.15, 0.2) is 0 Å². The molecule has 0 saturated carbocycles. The molecule has 0 N–H and O–H groups in total. The summed E-state index contributed by atoms with van der Waals surface area (Å²) in [7, 11) is 0. The number of rotatable bonds is 3. The first kappa shape index (κ1) is 19.7. The molecule has 1 aliphatic heterocycles. The molecule has 8 heteroatoms. The number of carbonyl (C=O) groups excluding carboxylic acids is 1. The van der Waals surface area contributed by atoms with Crippen LogP contribution >= 0.6 is 0 Å². The molecule has 0 unspecified atom stereocenters. The van der Waals surface area contributed by atoms with Crippen LogP contribution in [0.1, 0.15) is 37.6 Å². The van der Waals surface area contributed by atoms with Crippen molar-refractivity contribution in [3.05, 3.63) is 53.7 Å².